The Kier molecular flexibility index (Phi) is 2.92. The van der Waals surface area contributed by atoms with Gasteiger partial charge in [0.05, 0.1) is 11.2 Å². The fourth-order valence-corrected chi connectivity index (χ4v) is 1.36. The zero-order valence-electron chi connectivity index (χ0n) is 8.15. The molecule has 0 aliphatic rings. The number of nitrogens with zero attached hydrogens (tertiary/aromatic N) is 1. The van der Waals surface area contributed by atoms with E-state index in [0.717, 1.165) is 6.20 Å². The van der Waals surface area contributed by atoms with Crippen LogP contribution in [0.25, 0.3) is 0 Å². The molecular formula is C11H8ClFN2O. The summed E-state index contributed by atoms with van der Waals surface area (Å²) in [7, 11) is 0. The maximum Gasteiger partial charge on any atom is 0.219 e. The van der Waals surface area contributed by atoms with E-state index >= 15 is 0 Å². The number of ether oxygens (including phenoxy) is 1. The SMILES string of the molecule is Nc1ccc(Oc2ccc(F)cn2)c(Cl)c1. The van der Waals surface area contributed by atoms with Crippen LogP contribution in [0.1, 0.15) is 0 Å². The van der Waals surface area contributed by atoms with E-state index in [1.165, 1.54) is 12.1 Å². The lowest BCUT2D eigenvalue weighted by atomic mass is 10.3. The molecule has 0 bridgehead atoms. The molecule has 0 aliphatic carbocycles. The minimum atomic E-state index is -0.421. The zero-order valence-corrected chi connectivity index (χ0v) is 8.91. The predicted octanol–water partition coefficient (Wildman–Crippen LogP) is 3.25. The van der Waals surface area contributed by atoms with Crippen LogP contribution in [0.15, 0.2) is 36.5 Å². The minimum absolute atomic E-state index is 0.271. The van der Waals surface area contributed by atoms with E-state index in [0.29, 0.717) is 16.5 Å². The smallest absolute Gasteiger partial charge is 0.219 e. The van der Waals surface area contributed by atoms with E-state index in [9.17, 15) is 4.39 Å². The molecule has 0 fully saturated rings. The first-order valence-electron chi connectivity index (χ1n) is 4.49. The average molecular weight is 239 g/mol. The number of hydrogen-bond donors (Lipinski definition) is 1. The van der Waals surface area contributed by atoms with Crippen molar-refractivity contribution in [2.45, 2.75) is 0 Å². The number of pyridine rings is 1. The van der Waals surface area contributed by atoms with E-state index in [1.807, 2.05) is 0 Å². The Balaban J connectivity index is 2.23. The topological polar surface area (TPSA) is 48.1 Å². The van der Waals surface area contributed by atoms with Crippen molar-refractivity contribution < 1.29 is 9.13 Å². The summed E-state index contributed by atoms with van der Waals surface area (Å²) >= 11 is 5.90. The molecule has 0 atom stereocenters. The fraction of sp³-hybridized carbons (Fsp3) is 0. The Bertz CT molecular complexity index is 502. The standard InChI is InChI=1S/C11H8ClFN2O/c12-9-5-8(14)2-3-10(9)16-11-4-1-7(13)6-15-11/h1-6H,14H2. The van der Waals surface area contributed by atoms with Gasteiger partial charge < -0.3 is 10.5 Å². The molecule has 82 valence electrons. The van der Waals surface area contributed by atoms with Crippen molar-refractivity contribution >= 4 is 17.3 Å². The van der Waals surface area contributed by atoms with E-state index in [2.05, 4.69) is 4.98 Å². The third-order valence-corrected chi connectivity index (χ3v) is 2.17. The van der Waals surface area contributed by atoms with E-state index in [1.54, 1.807) is 18.2 Å². The molecule has 2 rings (SSSR count). The number of aromatic nitrogens is 1. The van der Waals surface area contributed by atoms with Gasteiger partial charge in [-0.1, -0.05) is 11.6 Å². The van der Waals surface area contributed by atoms with Crippen LogP contribution in [0.3, 0.4) is 0 Å². The second kappa shape index (κ2) is 4.37. The average Bonchev–Trinajstić information content (AvgIpc) is 2.25. The van der Waals surface area contributed by atoms with Gasteiger partial charge in [0.2, 0.25) is 5.88 Å². The van der Waals surface area contributed by atoms with Gasteiger partial charge in [-0.25, -0.2) is 9.37 Å². The van der Waals surface area contributed by atoms with Crippen LogP contribution in [-0.4, -0.2) is 4.98 Å². The zero-order chi connectivity index (χ0) is 11.5. The van der Waals surface area contributed by atoms with Crippen molar-refractivity contribution in [2.24, 2.45) is 0 Å². The summed E-state index contributed by atoms with van der Waals surface area (Å²) in [6, 6.07) is 7.53. The molecule has 5 heteroatoms. The van der Waals surface area contributed by atoms with Gasteiger partial charge in [0.1, 0.15) is 11.6 Å². The molecule has 1 heterocycles. The summed E-state index contributed by atoms with van der Waals surface area (Å²) in [6.45, 7) is 0. The molecular weight excluding hydrogens is 231 g/mol. The van der Waals surface area contributed by atoms with Gasteiger partial charge in [0.15, 0.2) is 0 Å². The first-order chi connectivity index (χ1) is 7.65. The summed E-state index contributed by atoms with van der Waals surface area (Å²) in [4.78, 5) is 3.75. The van der Waals surface area contributed by atoms with Crippen LogP contribution >= 0.6 is 11.6 Å². The van der Waals surface area contributed by atoms with Gasteiger partial charge in [-0.2, -0.15) is 0 Å². The number of nitrogens with two attached hydrogens (primary N) is 1. The molecule has 0 unspecified atom stereocenters. The lowest BCUT2D eigenvalue weighted by Crippen LogP contribution is -1.90. The molecule has 1 aromatic carbocycles. The summed E-state index contributed by atoms with van der Waals surface area (Å²) in [6.07, 6.45) is 1.07. The Hall–Kier alpha value is -1.81. The Labute approximate surface area is 96.6 Å². The molecule has 2 N–H and O–H groups in total. The van der Waals surface area contributed by atoms with Crippen LogP contribution in [0.5, 0.6) is 11.6 Å². The van der Waals surface area contributed by atoms with E-state index < -0.39 is 5.82 Å². The second-order valence-electron chi connectivity index (χ2n) is 3.11. The molecule has 0 spiro atoms. The minimum Gasteiger partial charge on any atom is -0.437 e. The highest BCUT2D eigenvalue weighted by Gasteiger charge is 2.04. The van der Waals surface area contributed by atoms with Crippen molar-refractivity contribution in [3.8, 4) is 11.6 Å². The van der Waals surface area contributed by atoms with Crippen LogP contribution in [0.2, 0.25) is 5.02 Å². The number of anilines is 1. The van der Waals surface area contributed by atoms with Crippen molar-refractivity contribution in [1.29, 1.82) is 0 Å². The summed E-state index contributed by atoms with van der Waals surface area (Å²) in [5.74, 6) is 0.277. The maximum atomic E-state index is 12.6. The lowest BCUT2D eigenvalue weighted by Gasteiger charge is -2.06. The molecule has 0 radical (unpaired) electrons. The summed E-state index contributed by atoms with van der Waals surface area (Å²) in [5, 5.41) is 0.381. The summed E-state index contributed by atoms with van der Waals surface area (Å²) < 4.78 is 18.0. The van der Waals surface area contributed by atoms with Crippen molar-refractivity contribution in [1.82, 2.24) is 4.98 Å². The third kappa shape index (κ3) is 2.41. The van der Waals surface area contributed by atoms with E-state index in [4.69, 9.17) is 22.1 Å². The van der Waals surface area contributed by atoms with Crippen molar-refractivity contribution in [3.05, 3.63) is 47.4 Å². The molecule has 1 aromatic heterocycles. The number of hydrogen-bond acceptors (Lipinski definition) is 3. The molecule has 16 heavy (non-hydrogen) atoms. The normalized spacial score (nSPS) is 10.1. The van der Waals surface area contributed by atoms with E-state index in [-0.39, 0.29) is 5.88 Å². The van der Waals surface area contributed by atoms with Gasteiger partial charge >= 0.3 is 0 Å². The second-order valence-corrected chi connectivity index (χ2v) is 3.51. The first-order valence-corrected chi connectivity index (χ1v) is 4.87. The van der Waals surface area contributed by atoms with Crippen LogP contribution in [0, 0.1) is 5.82 Å². The predicted molar refractivity (Wildman–Crippen MR) is 60.1 cm³/mol. The summed E-state index contributed by atoms with van der Waals surface area (Å²) in [5.41, 5.74) is 6.08. The van der Waals surface area contributed by atoms with Crippen LogP contribution in [-0.2, 0) is 0 Å². The third-order valence-electron chi connectivity index (χ3n) is 1.87. The van der Waals surface area contributed by atoms with Crippen molar-refractivity contribution in [3.63, 3.8) is 0 Å². The molecule has 0 amide bonds. The van der Waals surface area contributed by atoms with Gasteiger partial charge in [0, 0.05) is 11.8 Å². The largest absolute Gasteiger partial charge is 0.437 e. The van der Waals surface area contributed by atoms with Gasteiger partial charge in [-0.3, -0.25) is 0 Å². The molecule has 0 saturated carbocycles. The quantitative estimate of drug-likeness (QED) is 0.817. The molecule has 2 aromatic rings. The number of nitrogen functional groups attached to an aromatic ring is 1. The van der Waals surface area contributed by atoms with Gasteiger partial charge in [0.25, 0.3) is 0 Å². The molecule has 0 aliphatic heterocycles. The first kappa shape index (κ1) is 10.7. The van der Waals surface area contributed by atoms with Crippen LogP contribution in [0.4, 0.5) is 10.1 Å². The molecule has 3 nitrogen and oxygen atoms in total. The molecule has 0 saturated heterocycles. The lowest BCUT2D eigenvalue weighted by molar-refractivity contribution is 0.459. The monoisotopic (exact) mass is 238 g/mol. The Morgan fingerprint density at radius 1 is 1.25 bits per heavy atom. The number of halogens is 2. The highest BCUT2D eigenvalue weighted by atomic mass is 35.5. The fourth-order valence-electron chi connectivity index (χ4n) is 1.14. The van der Waals surface area contributed by atoms with Crippen molar-refractivity contribution in [2.75, 3.05) is 5.73 Å². The maximum absolute atomic E-state index is 12.6. The Morgan fingerprint density at radius 2 is 2.06 bits per heavy atom. The van der Waals surface area contributed by atoms with Gasteiger partial charge in [-0.15, -0.1) is 0 Å². The number of benzene rings is 1. The van der Waals surface area contributed by atoms with Gasteiger partial charge in [-0.05, 0) is 24.3 Å². The Morgan fingerprint density at radius 3 is 2.69 bits per heavy atom. The highest BCUT2D eigenvalue weighted by molar-refractivity contribution is 6.32. The highest BCUT2D eigenvalue weighted by Crippen LogP contribution is 2.29. The number of rotatable bonds is 2. The van der Waals surface area contributed by atoms with Crippen LogP contribution < -0.4 is 10.5 Å².